The summed E-state index contributed by atoms with van der Waals surface area (Å²) >= 11 is 0. The molecule has 0 fully saturated rings. The lowest BCUT2D eigenvalue weighted by molar-refractivity contribution is 0.473. The van der Waals surface area contributed by atoms with E-state index in [1.54, 1.807) is 0 Å². The second kappa shape index (κ2) is 14.2. The van der Waals surface area contributed by atoms with Crippen LogP contribution in [0.2, 0.25) is 0 Å². The highest BCUT2D eigenvalue weighted by molar-refractivity contribution is 6.23. The van der Waals surface area contributed by atoms with E-state index in [0.29, 0.717) is 5.75 Å². The summed E-state index contributed by atoms with van der Waals surface area (Å²) in [5.74, 6) is 0.292. The van der Waals surface area contributed by atoms with Crippen LogP contribution in [0.4, 0.5) is 34.1 Å². The number of furan rings is 2. The van der Waals surface area contributed by atoms with Crippen LogP contribution in [0.5, 0.6) is 5.75 Å². The van der Waals surface area contributed by atoms with Gasteiger partial charge in [-0.2, -0.15) is 0 Å². The second-order valence-electron chi connectivity index (χ2n) is 16.2. The molecule has 2 heterocycles. The Kier molecular flexibility index (Phi) is 8.46. The SMILES string of the molecule is Cc1cccc(N(c2cccc(-c3cccc(C)c3O)c2)c2cc3oc4cc(N(c5cccc(C)c5)c5cccc6c5oc5c(C)cccc56)ccc4c3c3ccccc23)c1. The first-order valence-electron chi connectivity index (χ1n) is 20.7. The van der Waals surface area contributed by atoms with Crippen LogP contribution in [0.1, 0.15) is 22.3 Å². The maximum atomic E-state index is 11.1. The van der Waals surface area contributed by atoms with E-state index >= 15 is 0 Å². The molecule has 9 aromatic carbocycles. The van der Waals surface area contributed by atoms with Crippen molar-refractivity contribution in [2.75, 3.05) is 9.80 Å². The van der Waals surface area contributed by atoms with Crippen molar-refractivity contribution in [3.63, 3.8) is 0 Å². The lowest BCUT2D eigenvalue weighted by atomic mass is 9.99. The van der Waals surface area contributed by atoms with Crippen molar-refractivity contribution in [2.45, 2.75) is 27.7 Å². The molecule has 294 valence electrons. The molecule has 5 nitrogen and oxygen atoms in total. The van der Waals surface area contributed by atoms with Gasteiger partial charge < -0.3 is 23.7 Å². The number of para-hydroxylation sites is 3. The first-order chi connectivity index (χ1) is 29.8. The molecule has 2 aromatic heterocycles. The van der Waals surface area contributed by atoms with E-state index in [-0.39, 0.29) is 0 Å². The Morgan fingerprint density at radius 2 is 0.984 bits per heavy atom. The molecule has 5 heteroatoms. The molecule has 0 atom stereocenters. The van der Waals surface area contributed by atoms with Gasteiger partial charge in [0.25, 0.3) is 0 Å². The number of benzene rings is 9. The van der Waals surface area contributed by atoms with Crippen LogP contribution in [0.25, 0.3) is 65.8 Å². The maximum absolute atomic E-state index is 11.1. The topological polar surface area (TPSA) is 53.0 Å². The summed E-state index contributed by atoms with van der Waals surface area (Å²) in [6.45, 7) is 8.28. The van der Waals surface area contributed by atoms with Gasteiger partial charge in [0.1, 0.15) is 22.5 Å². The van der Waals surface area contributed by atoms with Crippen LogP contribution in [0, 0.1) is 27.7 Å². The summed E-state index contributed by atoms with van der Waals surface area (Å²) in [6, 6.07) is 61.6. The van der Waals surface area contributed by atoms with E-state index in [1.807, 2.05) is 25.1 Å². The minimum atomic E-state index is 0.292. The molecule has 0 aliphatic carbocycles. The third-order valence-electron chi connectivity index (χ3n) is 12.1. The molecule has 61 heavy (non-hydrogen) atoms. The van der Waals surface area contributed by atoms with Gasteiger partial charge in [-0.1, -0.05) is 109 Å². The van der Waals surface area contributed by atoms with Gasteiger partial charge >= 0.3 is 0 Å². The Morgan fingerprint density at radius 3 is 1.74 bits per heavy atom. The summed E-state index contributed by atoms with van der Waals surface area (Å²) in [5, 5.41) is 17.6. The third kappa shape index (κ3) is 6.00. The van der Waals surface area contributed by atoms with Crippen LogP contribution >= 0.6 is 0 Å². The van der Waals surface area contributed by atoms with Gasteiger partial charge in [0, 0.05) is 61.7 Å². The predicted molar refractivity (Wildman–Crippen MR) is 254 cm³/mol. The van der Waals surface area contributed by atoms with Gasteiger partial charge in [-0.05, 0) is 115 Å². The lowest BCUT2D eigenvalue weighted by Gasteiger charge is -2.28. The summed E-state index contributed by atoms with van der Waals surface area (Å²) in [4.78, 5) is 4.58. The first kappa shape index (κ1) is 36.3. The molecule has 0 aliphatic heterocycles. The third-order valence-corrected chi connectivity index (χ3v) is 12.1. The highest BCUT2D eigenvalue weighted by Crippen LogP contribution is 2.48. The fraction of sp³-hybridized carbons (Fsp3) is 0.0714. The normalized spacial score (nSPS) is 11.7. The molecule has 0 saturated heterocycles. The van der Waals surface area contributed by atoms with Gasteiger partial charge in [0.05, 0.1) is 17.1 Å². The largest absolute Gasteiger partial charge is 0.507 e. The van der Waals surface area contributed by atoms with Crippen LogP contribution < -0.4 is 9.80 Å². The van der Waals surface area contributed by atoms with Crippen molar-refractivity contribution in [1.29, 1.82) is 0 Å². The maximum Gasteiger partial charge on any atom is 0.159 e. The van der Waals surface area contributed by atoms with E-state index in [0.717, 1.165) is 117 Å². The Labute approximate surface area is 353 Å². The number of nitrogens with zero attached hydrogens (tertiary/aromatic N) is 2. The Morgan fingerprint density at radius 1 is 0.393 bits per heavy atom. The monoisotopic (exact) mass is 790 g/mol. The minimum Gasteiger partial charge on any atom is -0.507 e. The number of phenols is 1. The molecule has 0 bridgehead atoms. The Hall–Kier alpha value is -7.76. The van der Waals surface area contributed by atoms with E-state index in [1.165, 1.54) is 5.56 Å². The fourth-order valence-electron chi connectivity index (χ4n) is 9.15. The standard InChI is InChI=1S/C56H42N2O3/c1-34-13-7-18-39(29-34)57(49-26-12-25-47-46-24-10-16-37(4)55(46)61-56(47)49)42-27-28-48-51(32-42)60-52-33-50(44-21-5-6-22-45(44)53(48)52)58(40-19-8-14-35(2)30-40)41-20-11-17-38(31-41)43-23-9-15-36(3)54(43)59/h5-33,59H,1-4H3. The average Bonchev–Trinajstić information content (AvgIpc) is 3.85. The quantitative estimate of drug-likeness (QED) is 0.174. The number of anilines is 6. The number of hydrogen-bond donors (Lipinski definition) is 1. The Balaban J connectivity index is 1.13. The van der Waals surface area contributed by atoms with E-state index in [4.69, 9.17) is 8.83 Å². The van der Waals surface area contributed by atoms with Crippen molar-refractivity contribution in [3.8, 4) is 16.9 Å². The number of aromatic hydroxyl groups is 1. The number of phenolic OH excluding ortho intramolecular Hbond substituents is 1. The first-order valence-corrected chi connectivity index (χ1v) is 20.7. The minimum absolute atomic E-state index is 0.292. The molecule has 0 saturated carbocycles. The molecule has 0 spiro atoms. The highest BCUT2D eigenvalue weighted by atomic mass is 16.3. The van der Waals surface area contributed by atoms with Crippen molar-refractivity contribution in [3.05, 3.63) is 198 Å². The average molecular weight is 791 g/mol. The smallest absolute Gasteiger partial charge is 0.159 e. The van der Waals surface area contributed by atoms with Crippen LogP contribution in [-0.2, 0) is 0 Å². The summed E-state index contributed by atoms with van der Waals surface area (Å²) in [5.41, 5.74) is 15.3. The fourth-order valence-corrected chi connectivity index (χ4v) is 9.15. The summed E-state index contributed by atoms with van der Waals surface area (Å²) < 4.78 is 13.7. The number of rotatable bonds is 7. The van der Waals surface area contributed by atoms with Crippen molar-refractivity contribution in [2.24, 2.45) is 0 Å². The van der Waals surface area contributed by atoms with E-state index in [2.05, 4.69) is 188 Å². The molecule has 0 radical (unpaired) electrons. The zero-order valence-electron chi connectivity index (χ0n) is 34.4. The summed E-state index contributed by atoms with van der Waals surface area (Å²) in [6.07, 6.45) is 0. The van der Waals surface area contributed by atoms with Gasteiger partial charge in [-0.3, -0.25) is 0 Å². The molecule has 1 N–H and O–H groups in total. The Bertz CT molecular complexity index is 3520. The number of fused-ring (bicyclic) bond motifs is 8. The molecule has 0 unspecified atom stereocenters. The highest BCUT2D eigenvalue weighted by Gasteiger charge is 2.24. The second-order valence-corrected chi connectivity index (χ2v) is 16.2. The van der Waals surface area contributed by atoms with Gasteiger partial charge in [-0.25, -0.2) is 0 Å². The van der Waals surface area contributed by atoms with Gasteiger partial charge in [0.2, 0.25) is 0 Å². The van der Waals surface area contributed by atoms with Crippen LogP contribution in [0.15, 0.2) is 185 Å². The molecule has 0 aliphatic rings. The van der Waals surface area contributed by atoms with Crippen LogP contribution in [0.3, 0.4) is 0 Å². The van der Waals surface area contributed by atoms with Crippen molar-refractivity contribution < 1.29 is 13.9 Å². The van der Waals surface area contributed by atoms with Crippen LogP contribution in [-0.4, -0.2) is 5.11 Å². The predicted octanol–water partition coefficient (Wildman–Crippen LogP) is 16.2. The summed E-state index contributed by atoms with van der Waals surface area (Å²) in [7, 11) is 0. The zero-order valence-corrected chi connectivity index (χ0v) is 34.4. The zero-order chi connectivity index (χ0) is 41.4. The van der Waals surface area contributed by atoms with Gasteiger partial charge in [0.15, 0.2) is 5.58 Å². The van der Waals surface area contributed by atoms with Crippen molar-refractivity contribution in [1.82, 2.24) is 0 Å². The van der Waals surface area contributed by atoms with Gasteiger partial charge in [-0.15, -0.1) is 0 Å². The molecule has 11 aromatic rings. The number of hydrogen-bond acceptors (Lipinski definition) is 5. The molecular weight excluding hydrogens is 749 g/mol. The van der Waals surface area contributed by atoms with Crippen molar-refractivity contribution >= 4 is 88.8 Å². The number of aryl methyl sites for hydroxylation is 4. The molecular formula is C56H42N2O3. The molecule has 11 rings (SSSR count). The van der Waals surface area contributed by atoms with E-state index < -0.39 is 0 Å². The lowest BCUT2D eigenvalue weighted by Crippen LogP contribution is -2.11. The van der Waals surface area contributed by atoms with E-state index in [9.17, 15) is 5.11 Å². The molecule has 0 amide bonds.